The van der Waals surface area contributed by atoms with Gasteiger partial charge < -0.3 is 20.1 Å². The molecule has 0 aliphatic heterocycles. The molecule has 0 aromatic heterocycles. The van der Waals surface area contributed by atoms with Crippen LogP contribution in [0.15, 0.2) is 72.8 Å². The van der Waals surface area contributed by atoms with E-state index in [1.807, 2.05) is 0 Å². The smallest absolute Gasteiger partial charge is 0.265 e. The van der Waals surface area contributed by atoms with E-state index < -0.39 is 6.10 Å². The van der Waals surface area contributed by atoms with Gasteiger partial charge in [0, 0.05) is 16.9 Å². The minimum Gasteiger partial charge on any atom is -0.494 e. The van der Waals surface area contributed by atoms with Gasteiger partial charge in [0.2, 0.25) is 0 Å². The van der Waals surface area contributed by atoms with Crippen molar-refractivity contribution in [2.45, 2.75) is 39.2 Å². The van der Waals surface area contributed by atoms with Crippen molar-refractivity contribution in [3.05, 3.63) is 83.4 Å². The highest BCUT2D eigenvalue weighted by molar-refractivity contribution is 6.32. The molecule has 34 heavy (non-hydrogen) atoms. The van der Waals surface area contributed by atoms with Crippen molar-refractivity contribution in [1.29, 1.82) is 0 Å². The highest BCUT2D eigenvalue weighted by atomic mass is 35.5. The van der Waals surface area contributed by atoms with Gasteiger partial charge in [0.05, 0.1) is 11.6 Å². The fourth-order valence-electron chi connectivity index (χ4n) is 3.11. The molecule has 1 atom stereocenters. The summed E-state index contributed by atoms with van der Waals surface area (Å²) in [6.07, 6.45) is 2.56. The summed E-state index contributed by atoms with van der Waals surface area (Å²) in [5, 5.41) is 6.08. The molecule has 0 aliphatic carbocycles. The molecular weight excluding hydrogens is 452 g/mol. The summed E-state index contributed by atoms with van der Waals surface area (Å²) in [4.78, 5) is 25.0. The van der Waals surface area contributed by atoms with Crippen LogP contribution in [0.5, 0.6) is 11.5 Å². The number of para-hydroxylation sites is 1. The SMILES string of the molecule is CCCCCOc1ccc(C(=O)Nc2ccc(NC(=O)C(C)Oc3ccccc3Cl)cc2)cc1. The summed E-state index contributed by atoms with van der Waals surface area (Å²) in [5.74, 6) is 0.659. The first-order valence-corrected chi connectivity index (χ1v) is 11.7. The van der Waals surface area contributed by atoms with E-state index in [2.05, 4.69) is 17.6 Å². The summed E-state index contributed by atoms with van der Waals surface area (Å²) in [6, 6.07) is 20.9. The van der Waals surface area contributed by atoms with E-state index in [9.17, 15) is 9.59 Å². The average Bonchev–Trinajstić information content (AvgIpc) is 2.84. The van der Waals surface area contributed by atoms with E-state index in [1.54, 1.807) is 79.7 Å². The Hall–Kier alpha value is -3.51. The standard InChI is InChI=1S/C27H29ClN2O4/c1-3-4-7-18-33-23-16-10-20(11-17-23)27(32)30-22-14-12-21(13-15-22)29-26(31)19(2)34-25-9-6-5-8-24(25)28/h5-6,8-17,19H,3-4,7,18H2,1-2H3,(H,29,31)(H,30,32). The van der Waals surface area contributed by atoms with E-state index in [0.717, 1.165) is 25.0 Å². The number of hydrogen-bond donors (Lipinski definition) is 2. The van der Waals surface area contributed by atoms with Gasteiger partial charge in [0.1, 0.15) is 11.5 Å². The molecule has 3 aromatic carbocycles. The third-order valence-electron chi connectivity index (χ3n) is 5.05. The normalized spacial score (nSPS) is 11.4. The summed E-state index contributed by atoms with van der Waals surface area (Å²) in [5.41, 5.74) is 1.73. The van der Waals surface area contributed by atoms with Crippen molar-refractivity contribution >= 4 is 34.8 Å². The molecule has 0 spiro atoms. The second-order valence-electron chi connectivity index (χ2n) is 7.79. The first-order chi connectivity index (χ1) is 16.5. The number of unbranched alkanes of at least 4 members (excludes halogenated alkanes) is 2. The predicted octanol–water partition coefficient (Wildman–Crippen LogP) is 6.57. The Balaban J connectivity index is 1.49. The molecule has 0 saturated carbocycles. The van der Waals surface area contributed by atoms with Gasteiger partial charge in [-0.25, -0.2) is 0 Å². The maximum atomic E-state index is 12.5. The average molecular weight is 481 g/mol. The lowest BCUT2D eigenvalue weighted by molar-refractivity contribution is -0.122. The zero-order chi connectivity index (χ0) is 24.3. The molecule has 0 fully saturated rings. The molecule has 7 heteroatoms. The van der Waals surface area contributed by atoms with Crippen LogP contribution >= 0.6 is 11.6 Å². The van der Waals surface area contributed by atoms with Gasteiger partial charge in [0.25, 0.3) is 11.8 Å². The van der Waals surface area contributed by atoms with Gasteiger partial charge in [-0.3, -0.25) is 9.59 Å². The molecular formula is C27H29ClN2O4. The lowest BCUT2D eigenvalue weighted by atomic mass is 10.2. The van der Waals surface area contributed by atoms with Crippen molar-refractivity contribution < 1.29 is 19.1 Å². The van der Waals surface area contributed by atoms with Crippen LogP contribution in [0.25, 0.3) is 0 Å². The molecule has 2 amide bonds. The number of ether oxygens (including phenoxy) is 2. The highest BCUT2D eigenvalue weighted by Gasteiger charge is 2.16. The van der Waals surface area contributed by atoms with Gasteiger partial charge in [-0.05, 0) is 74.0 Å². The fourth-order valence-corrected chi connectivity index (χ4v) is 3.29. The number of anilines is 2. The first-order valence-electron chi connectivity index (χ1n) is 11.3. The topological polar surface area (TPSA) is 76.7 Å². The van der Waals surface area contributed by atoms with Crippen LogP contribution in [0.1, 0.15) is 43.5 Å². The number of carbonyl (C=O) groups excluding carboxylic acids is 2. The number of rotatable bonds is 11. The Morgan fingerprint density at radius 3 is 2.18 bits per heavy atom. The third-order valence-corrected chi connectivity index (χ3v) is 5.37. The summed E-state index contributed by atoms with van der Waals surface area (Å²) < 4.78 is 11.3. The van der Waals surface area contributed by atoms with Crippen LogP contribution in [0.4, 0.5) is 11.4 Å². The second-order valence-corrected chi connectivity index (χ2v) is 8.20. The molecule has 3 rings (SSSR count). The number of halogens is 1. The Labute approximate surface area is 205 Å². The molecule has 1 unspecified atom stereocenters. The van der Waals surface area contributed by atoms with Crippen molar-refractivity contribution in [2.75, 3.05) is 17.2 Å². The summed E-state index contributed by atoms with van der Waals surface area (Å²) >= 11 is 6.08. The number of carbonyl (C=O) groups is 2. The monoisotopic (exact) mass is 480 g/mol. The Bertz CT molecular complexity index is 1080. The molecule has 2 N–H and O–H groups in total. The Kier molecular flexibility index (Phi) is 9.35. The zero-order valence-electron chi connectivity index (χ0n) is 19.3. The Morgan fingerprint density at radius 1 is 0.882 bits per heavy atom. The molecule has 3 aromatic rings. The number of benzene rings is 3. The van der Waals surface area contributed by atoms with E-state index >= 15 is 0 Å². The van der Waals surface area contributed by atoms with E-state index in [1.165, 1.54) is 0 Å². The molecule has 0 heterocycles. The summed E-state index contributed by atoms with van der Waals surface area (Å²) in [6.45, 7) is 4.47. The fraction of sp³-hybridized carbons (Fsp3) is 0.259. The molecule has 6 nitrogen and oxygen atoms in total. The molecule has 0 radical (unpaired) electrons. The van der Waals surface area contributed by atoms with Crippen LogP contribution in [0.2, 0.25) is 5.02 Å². The maximum absolute atomic E-state index is 12.5. The first kappa shape index (κ1) is 25.1. The molecule has 0 aliphatic rings. The van der Waals surface area contributed by atoms with Crippen molar-refractivity contribution in [3.8, 4) is 11.5 Å². The number of hydrogen-bond acceptors (Lipinski definition) is 4. The predicted molar refractivity (Wildman–Crippen MR) is 136 cm³/mol. The Morgan fingerprint density at radius 2 is 1.53 bits per heavy atom. The van der Waals surface area contributed by atoms with Crippen LogP contribution in [-0.2, 0) is 4.79 Å². The van der Waals surface area contributed by atoms with Crippen LogP contribution in [0, 0.1) is 0 Å². The minimum absolute atomic E-state index is 0.226. The lowest BCUT2D eigenvalue weighted by Crippen LogP contribution is -2.30. The summed E-state index contributed by atoms with van der Waals surface area (Å²) in [7, 11) is 0. The van der Waals surface area contributed by atoms with Gasteiger partial charge >= 0.3 is 0 Å². The molecule has 0 bridgehead atoms. The minimum atomic E-state index is -0.738. The van der Waals surface area contributed by atoms with Gasteiger partial charge in [0.15, 0.2) is 6.10 Å². The quantitative estimate of drug-likeness (QED) is 0.304. The van der Waals surface area contributed by atoms with Crippen molar-refractivity contribution in [3.63, 3.8) is 0 Å². The second kappa shape index (κ2) is 12.7. The van der Waals surface area contributed by atoms with Crippen molar-refractivity contribution in [2.24, 2.45) is 0 Å². The largest absolute Gasteiger partial charge is 0.494 e. The van der Waals surface area contributed by atoms with Gasteiger partial charge in [-0.15, -0.1) is 0 Å². The van der Waals surface area contributed by atoms with E-state index in [-0.39, 0.29) is 11.8 Å². The lowest BCUT2D eigenvalue weighted by Gasteiger charge is -2.15. The van der Waals surface area contributed by atoms with Crippen molar-refractivity contribution in [1.82, 2.24) is 0 Å². The highest BCUT2D eigenvalue weighted by Crippen LogP contribution is 2.24. The van der Waals surface area contributed by atoms with Crippen LogP contribution in [0.3, 0.4) is 0 Å². The number of nitrogens with one attached hydrogen (secondary N) is 2. The third kappa shape index (κ3) is 7.52. The van der Waals surface area contributed by atoms with Gasteiger partial charge in [-0.2, -0.15) is 0 Å². The van der Waals surface area contributed by atoms with Crippen LogP contribution in [-0.4, -0.2) is 24.5 Å². The molecule has 178 valence electrons. The van der Waals surface area contributed by atoms with Crippen LogP contribution < -0.4 is 20.1 Å². The maximum Gasteiger partial charge on any atom is 0.265 e. The molecule has 0 saturated heterocycles. The van der Waals surface area contributed by atoms with Gasteiger partial charge in [-0.1, -0.05) is 43.5 Å². The number of amides is 2. The van der Waals surface area contributed by atoms with E-state index in [0.29, 0.717) is 34.3 Å². The zero-order valence-corrected chi connectivity index (χ0v) is 20.1. The van der Waals surface area contributed by atoms with E-state index in [4.69, 9.17) is 21.1 Å².